The molecule has 1 aromatic rings. The molecule has 1 aromatic carbocycles. The molecule has 20 heavy (non-hydrogen) atoms. The van der Waals surface area contributed by atoms with E-state index in [0.29, 0.717) is 23.7 Å². The van der Waals surface area contributed by atoms with E-state index in [9.17, 15) is 9.18 Å². The summed E-state index contributed by atoms with van der Waals surface area (Å²) >= 11 is 1.38. The molecule has 0 amide bonds. The van der Waals surface area contributed by atoms with Gasteiger partial charge in [0.05, 0.1) is 18.5 Å². The summed E-state index contributed by atoms with van der Waals surface area (Å²) in [6.07, 6.45) is -0.120. The third-order valence-electron chi connectivity index (χ3n) is 2.60. The van der Waals surface area contributed by atoms with Gasteiger partial charge in [-0.2, -0.15) is 0 Å². The van der Waals surface area contributed by atoms with Crippen molar-refractivity contribution in [1.29, 1.82) is 0 Å². The Morgan fingerprint density at radius 2 is 2.30 bits per heavy atom. The van der Waals surface area contributed by atoms with Crippen LogP contribution >= 0.6 is 11.8 Å². The van der Waals surface area contributed by atoms with Crippen LogP contribution in [0.25, 0.3) is 0 Å². The van der Waals surface area contributed by atoms with Gasteiger partial charge >= 0.3 is 5.97 Å². The smallest absolute Gasteiger partial charge is 0.316 e. The molecular formula is C14H17FO4S. The molecule has 0 unspecified atom stereocenters. The van der Waals surface area contributed by atoms with Crippen molar-refractivity contribution in [2.24, 2.45) is 0 Å². The molecule has 0 atom stereocenters. The first-order valence-electron chi connectivity index (χ1n) is 6.35. The average Bonchev–Trinajstić information content (AvgIpc) is 2.37. The second-order valence-electron chi connectivity index (χ2n) is 4.70. The normalized spacial score (nSPS) is 13.8. The number of carbonyl (C=O) groups excluding carboxylic acids is 1. The van der Waals surface area contributed by atoms with Gasteiger partial charge in [0.2, 0.25) is 0 Å². The number of benzene rings is 1. The maximum Gasteiger partial charge on any atom is 0.316 e. The Balaban J connectivity index is 1.96. The number of rotatable bonds is 5. The van der Waals surface area contributed by atoms with E-state index < -0.39 is 0 Å². The molecule has 4 nitrogen and oxygen atoms in total. The molecule has 1 aliphatic rings. The number of ether oxygens (including phenoxy) is 3. The number of fused-ring (bicyclic) bond motifs is 1. The van der Waals surface area contributed by atoms with Crippen molar-refractivity contribution in [2.75, 3.05) is 12.5 Å². The summed E-state index contributed by atoms with van der Waals surface area (Å²) in [5.41, 5.74) is 1.45. The van der Waals surface area contributed by atoms with Crippen molar-refractivity contribution in [3.63, 3.8) is 0 Å². The lowest BCUT2D eigenvalue weighted by Crippen LogP contribution is -2.14. The number of halogens is 1. The number of hydrogen-bond acceptors (Lipinski definition) is 5. The number of esters is 1. The van der Waals surface area contributed by atoms with Crippen molar-refractivity contribution in [3.8, 4) is 5.75 Å². The number of carbonyl (C=O) groups is 1. The zero-order chi connectivity index (χ0) is 14.5. The maximum absolute atomic E-state index is 13.5. The fourth-order valence-electron chi connectivity index (χ4n) is 1.91. The zero-order valence-corrected chi connectivity index (χ0v) is 12.3. The van der Waals surface area contributed by atoms with E-state index in [4.69, 9.17) is 14.2 Å². The van der Waals surface area contributed by atoms with E-state index in [-0.39, 0.29) is 30.4 Å². The summed E-state index contributed by atoms with van der Waals surface area (Å²) in [5.74, 6) is 0.813. The highest BCUT2D eigenvalue weighted by molar-refractivity contribution is 7.99. The lowest BCUT2D eigenvalue weighted by atomic mass is 10.1. The second-order valence-corrected chi connectivity index (χ2v) is 5.68. The summed E-state index contributed by atoms with van der Waals surface area (Å²) < 4.78 is 29.1. The van der Waals surface area contributed by atoms with Gasteiger partial charge in [0.15, 0.2) is 6.79 Å². The van der Waals surface area contributed by atoms with Gasteiger partial charge < -0.3 is 14.2 Å². The van der Waals surface area contributed by atoms with Gasteiger partial charge in [0.25, 0.3) is 0 Å². The highest BCUT2D eigenvalue weighted by Gasteiger charge is 2.17. The predicted molar refractivity (Wildman–Crippen MR) is 74.1 cm³/mol. The molecule has 0 radical (unpaired) electrons. The molecule has 6 heteroatoms. The molecular weight excluding hydrogens is 283 g/mol. The monoisotopic (exact) mass is 300 g/mol. The maximum atomic E-state index is 13.5. The number of thioether (sulfide) groups is 1. The highest BCUT2D eigenvalue weighted by atomic mass is 32.2. The fourth-order valence-corrected chi connectivity index (χ4v) is 2.68. The van der Waals surface area contributed by atoms with E-state index in [0.717, 1.165) is 5.56 Å². The summed E-state index contributed by atoms with van der Waals surface area (Å²) in [4.78, 5) is 11.4. The molecule has 0 bridgehead atoms. The Hall–Kier alpha value is -1.27. The standard InChI is InChI=1S/C14H17FO4S/c1-9(2)19-13(16)7-20-6-11-4-12(15)3-10-5-17-8-18-14(10)11/h3-4,9H,5-8H2,1-2H3. The van der Waals surface area contributed by atoms with Crippen LogP contribution in [0.5, 0.6) is 5.75 Å². The molecule has 0 aromatic heterocycles. The molecule has 0 fully saturated rings. The van der Waals surface area contributed by atoms with Crippen LogP contribution in [0.3, 0.4) is 0 Å². The van der Waals surface area contributed by atoms with E-state index in [2.05, 4.69) is 0 Å². The van der Waals surface area contributed by atoms with Crippen molar-refractivity contribution in [1.82, 2.24) is 0 Å². The minimum absolute atomic E-state index is 0.120. The Labute approximate surface area is 121 Å². The molecule has 0 aliphatic carbocycles. The van der Waals surface area contributed by atoms with Gasteiger partial charge in [-0.3, -0.25) is 4.79 Å². The van der Waals surface area contributed by atoms with E-state index in [1.807, 2.05) is 0 Å². The van der Waals surface area contributed by atoms with Gasteiger partial charge in [0, 0.05) is 16.9 Å². The van der Waals surface area contributed by atoms with E-state index >= 15 is 0 Å². The summed E-state index contributed by atoms with van der Waals surface area (Å²) in [6, 6.07) is 2.85. The van der Waals surface area contributed by atoms with Crippen LogP contribution in [0, 0.1) is 5.82 Å². The Morgan fingerprint density at radius 3 is 3.05 bits per heavy atom. The largest absolute Gasteiger partial charge is 0.467 e. The van der Waals surface area contributed by atoms with Gasteiger partial charge in [-0.15, -0.1) is 11.8 Å². The topological polar surface area (TPSA) is 44.8 Å². The van der Waals surface area contributed by atoms with E-state index in [1.165, 1.54) is 23.9 Å². The Morgan fingerprint density at radius 1 is 1.50 bits per heavy atom. The Bertz CT molecular complexity index is 490. The first-order valence-corrected chi connectivity index (χ1v) is 7.51. The minimum Gasteiger partial charge on any atom is -0.467 e. The average molecular weight is 300 g/mol. The molecule has 1 heterocycles. The summed E-state index contributed by atoms with van der Waals surface area (Å²) in [7, 11) is 0. The molecule has 0 spiro atoms. The molecule has 0 saturated heterocycles. The lowest BCUT2D eigenvalue weighted by Gasteiger charge is -2.20. The third kappa shape index (κ3) is 4.11. The van der Waals surface area contributed by atoms with E-state index in [1.54, 1.807) is 13.8 Å². The summed E-state index contributed by atoms with van der Waals surface area (Å²) in [5, 5.41) is 0. The quantitative estimate of drug-likeness (QED) is 0.782. The van der Waals surface area contributed by atoms with Crippen LogP contribution in [-0.4, -0.2) is 24.6 Å². The zero-order valence-electron chi connectivity index (χ0n) is 11.5. The van der Waals surface area contributed by atoms with Crippen LogP contribution in [0.1, 0.15) is 25.0 Å². The number of hydrogen-bond donors (Lipinski definition) is 0. The SMILES string of the molecule is CC(C)OC(=O)CSCc1cc(F)cc2c1OCOC2. The highest BCUT2D eigenvalue weighted by Crippen LogP contribution is 2.31. The van der Waals surface area contributed by atoms with Crippen molar-refractivity contribution in [2.45, 2.75) is 32.3 Å². The van der Waals surface area contributed by atoms with Crippen LogP contribution < -0.4 is 4.74 Å². The first kappa shape index (κ1) is 15.1. The summed E-state index contributed by atoms with van der Waals surface area (Å²) in [6.45, 7) is 4.13. The van der Waals surface area contributed by atoms with Gasteiger partial charge in [0.1, 0.15) is 11.6 Å². The Kier molecular flexibility index (Phi) is 5.25. The molecule has 0 N–H and O–H groups in total. The van der Waals surface area contributed by atoms with Crippen LogP contribution in [0.15, 0.2) is 12.1 Å². The van der Waals surface area contributed by atoms with Crippen LogP contribution in [0.4, 0.5) is 4.39 Å². The van der Waals surface area contributed by atoms with Gasteiger partial charge in [-0.05, 0) is 26.0 Å². The van der Waals surface area contributed by atoms with Crippen molar-refractivity contribution in [3.05, 3.63) is 29.1 Å². The molecule has 0 saturated carbocycles. The minimum atomic E-state index is -0.321. The second kappa shape index (κ2) is 6.95. The van der Waals surface area contributed by atoms with Gasteiger partial charge in [-0.1, -0.05) is 0 Å². The fraction of sp³-hybridized carbons (Fsp3) is 0.500. The third-order valence-corrected chi connectivity index (χ3v) is 3.55. The van der Waals surface area contributed by atoms with Gasteiger partial charge in [-0.25, -0.2) is 4.39 Å². The predicted octanol–water partition coefficient (Wildman–Crippen LogP) is 2.88. The molecule has 1 aliphatic heterocycles. The molecule has 2 rings (SSSR count). The molecule has 110 valence electrons. The van der Waals surface area contributed by atoms with Crippen molar-refractivity contribution >= 4 is 17.7 Å². The lowest BCUT2D eigenvalue weighted by molar-refractivity contribution is -0.144. The van der Waals surface area contributed by atoms with Crippen LogP contribution in [-0.2, 0) is 26.6 Å². The first-order chi connectivity index (χ1) is 9.56. The van der Waals surface area contributed by atoms with Crippen LogP contribution in [0.2, 0.25) is 0 Å². The van der Waals surface area contributed by atoms with Crippen molar-refractivity contribution < 1.29 is 23.4 Å².